The van der Waals surface area contributed by atoms with Gasteiger partial charge in [0.1, 0.15) is 5.75 Å². The average molecular weight is 631 g/mol. The van der Waals surface area contributed by atoms with Gasteiger partial charge >= 0.3 is 0 Å². The quantitative estimate of drug-likeness (QED) is 0.120. The second-order valence-corrected chi connectivity index (χ2v) is 18.4. The second kappa shape index (κ2) is 8.80. The smallest absolute Gasteiger partial charge is 0.259 e. The molecule has 1 aliphatic heterocycles. The molecule has 0 radical (unpaired) electrons. The minimum Gasteiger partial charge on any atom is -0.497 e. The van der Waals surface area contributed by atoms with Gasteiger partial charge in [-0.3, -0.25) is 14.9 Å². The van der Waals surface area contributed by atoms with Crippen molar-refractivity contribution >= 4 is 79.7 Å². The molecule has 5 aromatic rings. The molecular weight excluding hydrogens is 598 g/mol. The minimum absolute atomic E-state index is 0.00519. The number of nitrogens with one attached hydrogen (secondary N) is 2. The molecule has 3 heterocycles. The zero-order valence-electron chi connectivity index (χ0n) is 23.9. The summed E-state index contributed by atoms with van der Waals surface area (Å²) in [4.78, 5) is 30.4. The van der Waals surface area contributed by atoms with Crippen molar-refractivity contribution in [1.29, 1.82) is 0 Å². The van der Waals surface area contributed by atoms with E-state index in [9.17, 15) is 9.59 Å². The standard InChI is InChI=1S/C32H32BrN3O4Si/c1-32(2,3)41(5,6)40-19-9-8-17(14-19)36-23-12-7-16(33)13-21(23)25-27-26(30(37)35-31(27)38)24-20-15-18(39-4)10-11-22(20)34-28(24)29(25)36/h7-13,15,17,19,34H,14H2,1-6H3,(H,35,37,38)/t17-,19+/m0/s1. The number of H-pyrrole nitrogens is 1. The first kappa shape index (κ1) is 26.5. The summed E-state index contributed by atoms with van der Waals surface area (Å²) in [5.41, 5.74) is 4.47. The van der Waals surface area contributed by atoms with E-state index in [0.29, 0.717) is 16.9 Å². The summed E-state index contributed by atoms with van der Waals surface area (Å²) in [6.45, 7) is 11.3. The average Bonchev–Trinajstić information content (AvgIpc) is 3.65. The normalized spacial score (nSPS) is 19.3. The third-order valence-electron chi connectivity index (χ3n) is 9.24. The number of imide groups is 1. The molecule has 9 heteroatoms. The van der Waals surface area contributed by atoms with Crippen LogP contribution >= 0.6 is 15.9 Å². The molecule has 0 saturated heterocycles. The molecule has 3 aromatic carbocycles. The van der Waals surface area contributed by atoms with Gasteiger partial charge in [-0.25, -0.2) is 0 Å². The summed E-state index contributed by atoms with van der Waals surface area (Å²) < 4.78 is 15.6. The van der Waals surface area contributed by atoms with E-state index in [2.05, 4.69) is 82.9 Å². The Hall–Kier alpha value is -3.40. The van der Waals surface area contributed by atoms with E-state index >= 15 is 0 Å². The minimum atomic E-state index is -1.98. The predicted molar refractivity (Wildman–Crippen MR) is 170 cm³/mol. The molecule has 0 spiro atoms. The van der Waals surface area contributed by atoms with E-state index in [0.717, 1.165) is 54.5 Å². The molecule has 210 valence electrons. The van der Waals surface area contributed by atoms with Crippen LogP contribution in [0, 0.1) is 0 Å². The number of aromatic nitrogens is 2. The van der Waals surface area contributed by atoms with E-state index in [4.69, 9.17) is 9.16 Å². The van der Waals surface area contributed by atoms with Crippen molar-refractivity contribution in [3.05, 3.63) is 64.1 Å². The second-order valence-electron chi connectivity index (χ2n) is 12.7. The van der Waals surface area contributed by atoms with Crippen LogP contribution in [-0.4, -0.2) is 42.9 Å². The molecule has 1 aliphatic carbocycles. The number of nitrogens with zero attached hydrogens (tertiary/aromatic N) is 1. The van der Waals surface area contributed by atoms with Gasteiger partial charge in [0, 0.05) is 43.5 Å². The van der Waals surface area contributed by atoms with Crippen LogP contribution in [0.2, 0.25) is 18.1 Å². The third-order valence-corrected chi connectivity index (χ3v) is 14.2. The molecular formula is C32H32BrN3O4Si. The first-order valence-corrected chi connectivity index (χ1v) is 17.6. The molecule has 2 atom stereocenters. The van der Waals surface area contributed by atoms with Crippen LogP contribution in [0.5, 0.6) is 5.75 Å². The van der Waals surface area contributed by atoms with Crippen LogP contribution in [0.1, 0.15) is 53.9 Å². The highest BCUT2D eigenvalue weighted by Crippen LogP contribution is 2.47. The zero-order chi connectivity index (χ0) is 29.0. The molecule has 2 aliphatic rings. The fourth-order valence-electron chi connectivity index (χ4n) is 6.28. The van der Waals surface area contributed by atoms with E-state index in [-0.39, 0.29) is 29.0 Å². The number of methoxy groups -OCH3 is 1. The van der Waals surface area contributed by atoms with E-state index in [1.807, 2.05) is 30.3 Å². The van der Waals surface area contributed by atoms with Crippen molar-refractivity contribution in [2.75, 3.05) is 7.11 Å². The van der Waals surface area contributed by atoms with Gasteiger partial charge in [-0.05, 0) is 54.5 Å². The summed E-state index contributed by atoms with van der Waals surface area (Å²) >= 11 is 3.65. The number of aromatic amines is 1. The van der Waals surface area contributed by atoms with Crippen molar-refractivity contribution in [1.82, 2.24) is 14.9 Å². The van der Waals surface area contributed by atoms with Gasteiger partial charge < -0.3 is 18.7 Å². The van der Waals surface area contributed by atoms with E-state index < -0.39 is 8.32 Å². The first-order valence-electron chi connectivity index (χ1n) is 13.9. The maximum absolute atomic E-state index is 13.5. The number of carbonyl (C=O) groups excluding carboxylic acids is 2. The van der Waals surface area contributed by atoms with Crippen LogP contribution in [0.3, 0.4) is 0 Å². The lowest BCUT2D eigenvalue weighted by Crippen LogP contribution is -2.43. The number of halogens is 1. The van der Waals surface area contributed by atoms with Crippen molar-refractivity contribution in [3.8, 4) is 5.75 Å². The Bertz CT molecular complexity index is 2000. The summed E-state index contributed by atoms with van der Waals surface area (Å²) in [7, 11) is -0.356. The molecule has 7 nitrogen and oxygen atoms in total. The number of benzene rings is 3. The first-order chi connectivity index (χ1) is 19.4. The Kier molecular flexibility index (Phi) is 5.69. The van der Waals surface area contributed by atoms with Crippen LogP contribution in [0.25, 0.3) is 43.6 Å². The molecule has 2 N–H and O–H groups in total. The van der Waals surface area contributed by atoms with Crippen LogP contribution in [0.4, 0.5) is 0 Å². The molecule has 0 bridgehead atoms. The summed E-state index contributed by atoms with van der Waals surface area (Å²) in [6, 6.07) is 12.0. The van der Waals surface area contributed by atoms with Crippen LogP contribution in [-0.2, 0) is 4.43 Å². The number of ether oxygens (including phenoxy) is 1. The lowest BCUT2D eigenvalue weighted by atomic mass is 9.96. The summed E-state index contributed by atoms with van der Waals surface area (Å²) in [5, 5.41) is 5.99. The van der Waals surface area contributed by atoms with Crippen LogP contribution in [0.15, 0.2) is 53.0 Å². The van der Waals surface area contributed by atoms with E-state index in [1.165, 1.54) is 0 Å². The highest BCUT2D eigenvalue weighted by atomic mass is 79.9. The highest BCUT2D eigenvalue weighted by Gasteiger charge is 2.41. The molecule has 0 unspecified atom stereocenters. The summed E-state index contributed by atoms with van der Waals surface area (Å²) in [5.74, 6) is -0.0554. The Balaban J connectivity index is 1.55. The number of allylic oxidation sites excluding steroid dienone is 1. The number of rotatable bonds is 4. The number of fused-ring (bicyclic) bond motifs is 10. The van der Waals surface area contributed by atoms with Gasteiger partial charge in [0.25, 0.3) is 11.8 Å². The fourth-order valence-corrected chi connectivity index (χ4v) is 7.93. The molecule has 2 amide bonds. The number of hydrogen-bond acceptors (Lipinski definition) is 4. The van der Waals surface area contributed by atoms with Gasteiger partial charge in [-0.2, -0.15) is 0 Å². The SMILES string of the molecule is COc1ccc2[nH]c3c(c4c(c5c6cc(Br)ccc6n([C@H]6C=C[C@@H](O[Si](C)(C)C(C)(C)C)C6)c35)C(=O)NC4=O)c2c1. The Morgan fingerprint density at radius 2 is 1.71 bits per heavy atom. The third kappa shape index (κ3) is 3.78. The lowest BCUT2D eigenvalue weighted by Gasteiger charge is -2.38. The largest absolute Gasteiger partial charge is 0.497 e. The topological polar surface area (TPSA) is 85.3 Å². The Morgan fingerprint density at radius 3 is 2.41 bits per heavy atom. The van der Waals surface area contributed by atoms with E-state index in [1.54, 1.807) is 7.11 Å². The Labute approximate surface area is 247 Å². The van der Waals surface area contributed by atoms with Gasteiger partial charge in [0.15, 0.2) is 8.32 Å². The van der Waals surface area contributed by atoms with Gasteiger partial charge in [-0.1, -0.05) is 48.9 Å². The molecule has 2 aromatic heterocycles. The van der Waals surface area contributed by atoms with Crippen molar-refractivity contribution in [2.24, 2.45) is 0 Å². The van der Waals surface area contributed by atoms with Crippen molar-refractivity contribution in [3.63, 3.8) is 0 Å². The van der Waals surface area contributed by atoms with Gasteiger partial charge in [0.2, 0.25) is 0 Å². The molecule has 7 rings (SSSR count). The predicted octanol–water partition coefficient (Wildman–Crippen LogP) is 7.98. The number of hydrogen-bond donors (Lipinski definition) is 2. The Morgan fingerprint density at radius 1 is 0.976 bits per heavy atom. The van der Waals surface area contributed by atoms with Gasteiger partial charge in [0.05, 0.1) is 41.4 Å². The number of amides is 2. The molecule has 0 fully saturated rings. The van der Waals surface area contributed by atoms with Crippen molar-refractivity contribution in [2.45, 2.75) is 57.5 Å². The highest BCUT2D eigenvalue weighted by molar-refractivity contribution is 9.10. The number of carbonyl (C=O) groups is 2. The zero-order valence-corrected chi connectivity index (χ0v) is 26.5. The maximum atomic E-state index is 13.5. The van der Waals surface area contributed by atoms with Gasteiger partial charge in [-0.15, -0.1) is 0 Å². The van der Waals surface area contributed by atoms with Crippen molar-refractivity contribution < 1.29 is 18.8 Å². The van der Waals surface area contributed by atoms with Crippen LogP contribution < -0.4 is 10.1 Å². The summed E-state index contributed by atoms with van der Waals surface area (Å²) in [6.07, 6.45) is 5.22. The molecule has 0 saturated carbocycles. The maximum Gasteiger partial charge on any atom is 0.259 e. The monoisotopic (exact) mass is 629 g/mol. The molecule has 41 heavy (non-hydrogen) atoms. The lowest BCUT2D eigenvalue weighted by molar-refractivity contribution is 0.0880. The fraction of sp³-hybridized carbons (Fsp3) is 0.312.